The molecule has 37 heavy (non-hydrogen) atoms. The molecule has 0 spiro atoms. The number of unbranched alkanes of at least 4 members (excludes halogenated alkanes) is 1. The topological polar surface area (TPSA) is 110 Å². The molecule has 0 aromatic carbocycles. The third kappa shape index (κ3) is 8.84. The highest BCUT2D eigenvalue weighted by molar-refractivity contribution is 7.09. The third-order valence-corrected chi connectivity index (χ3v) is 7.12. The number of carboxylic acid groups (broad SMARTS) is 1. The third-order valence-electron chi connectivity index (χ3n) is 6.16. The van der Waals surface area contributed by atoms with Crippen LogP contribution < -0.4 is 15.0 Å². The average molecular weight is 548 g/mol. The van der Waals surface area contributed by atoms with Gasteiger partial charge in [-0.1, -0.05) is 6.07 Å². The molecule has 0 aliphatic carbocycles. The number of rotatable bonds is 13. The number of hydrogen-bond acceptors (Lipinski definition) is 9. The van der Waals surface area contributed by atoms with Crippen molar-refractivity contribution in [2.45, 2.75) is 38.0 Å². The second kappa shape index (κ2) is 14.7. The Morgan fingerprint density at radius 3 is 2.81 bits per heavy atom. The van der Waals surface area contributed by atoms with E-state index in [0.717, 1.165) is 74.2 Å². The van der Waals surface area contributed by atoms with Crippen molar-refractivity contribution in [3.63, 3.8) is 0 Å². The Bertz CT molecular complexity index is 1110. The van der Waals surface area contributed by atoms with Crippen LogP contribution >= 0.6 is 23.7 Å². The Morgan fingerprint density at radius 2 is 2.08 bits per heavy atom. The molecule has 4 heterocycles. The number of pyridine rings is 2. The summed E-state index contributed by atoms with van der Waals surface area (Å²) in [6, 6.07) is 7.79. The van der Waals surface area contributed by atoms with E-state index in [1.807, 2.05) is 23.7 Å². The molecule has 11 heteroatoms. The number of carbonyl (C=O) groups is 1. The Morgan fingerprint density at radius 1 is 1.24 bits per heavy atom. The molecule has 0 bridgehead atoms. The van der Waals surface area contributed by atoms with E-state index in [9.17, 15) is 9.90 Å². The van der Waals surface area contributed by atoms with Crippen LogP contribution in [0, 0.1) is 0 Å². The average Bonchev–Trinajstić information content (AvgIpc) is 3.36. The van der Waals surface area contributed by atoms with Gasteiger partial charge in [-0.15, -0.1) is 23.7 Å². The van der Waals surface area contributed by atoms with Gasteiger partial charge in [-0.25, -0.2) is 15.0 Å². The minimum absolute atomic E-state index is 0. The summed E-state index contributed by atoms with van der Waals surface area (Å²) in [7, 11) is 1.56. The number of carboxylic acids is 1. The number of aryl methyl sites for hydroxylation is 1. The van der Waals surface area contributed by atoms with E-state index in [0.29, 0.717) is 12.3 Å². The number of nitrogens with one attached hydrogen (secondary N) is 1. The Hall–Kier alpha value is -2.95. The molecule has 0 radical (unpaired) electrons. The SMILES string of the molecule is COc1ccc(C(CC(=O)O)Cc2csc(CCCCNc3cc(N4CCOCC4)ccn3)n2)cn1.Cl. The minimum Gasteiger partial charge on any atom is -0.481 e. The van der Waals surface area contributed by atoms with E-state index in [4.69, 9.17) is 14.5 Å². The summed E-state index contributed by atoms with van der Waals surface area (Å²) in [5.74, 6) is 0.399. The van der Waals surface area contributed by atoms with Crippen LogP contribution in [-0.2, 0) is 22.4 Å². The summed E-state index contributed by atoms with van der Waals surface area (Å²) in [6.07, 6.45) is 7.09. The highest BCUT2D eigenvalue weighted by Gasteiger charge is 2.19. The lowest BCUT2D eigenvalue weighted by molar-refractivity contribution is -0.137. The quantitative estimate of drug-likeness (QED) is 0.300. The van der Waals surface area contributed by atoms with Crippen LogP contribution in [0.15, 0.2) is 42.0 Å². The van der Waals surface area contributed by atoms with Gasteiger partial charge in [0, 0.05) is 61.1 Å². The molecule has 0 saturated carbocycles. The Kier molecular flexibility index (Phi) is 11.4. The molecule has 1 unspecified atom stereocenters. The number of morpholine rings is 1. The first-order chi connectivity index (χ1) is 17.6. The minimum atomic E-state index is -0.830. The lowest BCUT2D eigenvalue weighted by Crippen LogP contribution is -2.36. The van der Waals surface area contributed by atoms with Gasteiger partial charge in [0.1, 0.15) is 5.82 Å². The van der Waals surface area contributed by atoms with Crippen LogP contribution in [0.4, 0.5) is 11.5 Å². The maximum atomic E-state index is 11.4. The smallest absolute Gasteiger partial charge is 0.303 e. The van der Waals surface area contributed by atoms with Gasteiger partial charge in [-0.3, -0.25) is 4.79 Å². The fourth-order valence-electron chi connectivity index (χ4n) is 4.23. The molecule has 1 saturated heterocycles. The number of anilines is 2. The highest BCUT2D eigenvalue weighted by atomic mass is 35.5. The van der Waals surface area contributed by atoms with E-state index in [-0.39, 0.29) is 24.7 Å². The Balaban J connectivity index is 0.00000380. The lowest BCUT2D eigenvalue weighted by Gasteiger charge is -2.29. The molecular weight excluding hydrogens is 514 g/mol. The molecule has 200 valence electrons. The van der Waals surface area contributed by atoms with Gasteiger partial charge >= 0.3 is 5.97 Å². The van der Waals surface area contributed by atoms with Gasteiger partial charge in [0.25, 0.3) is 0 Å². The number of hydrogen-bond donors (Lipinski definition) is 2. The van der Waals surface area contributed by atoms with Gasteiger partial charge in [-0.2, -0.15) is 0 Å². The van der Waals surface area contributed by atoms with Gasteiger partial charge in [0.05, 0.1) is 37.4 Å². The maximum Gasteiger partial charge on any atom is 0.303 e. The fraction of sp³-hybridized carbons (Fsp3) is 0.462. The summed E-state index contributed by atoms with van der Waals surface area (Å²) in [4.78, 5) is 27.2. The van der Waals surface area contributed by atoms with Crippen LogP contribution in [-0.4, -0.2) is 66.0 Å². The van der Waals surface area contributed by atoms with Crippen molar-refractivity contribution >= 4 is 41.2 Å². The number of methoxy groups -OCH3 is 1. The molecule has 3 aromatic heterocycles. The van der Waals surface area contributed by atoms with E-state index in [2.05, 4.69) is 26.3 Å². The lowest BCUT2D eigenvalue weighted by atomic mass is 9.92. The molecule has 3 aromatic rings. The van der Waals surface area contributed by atoms with E-state index in [1.54, 1.807) is 30.7 Å². The fourth-order valence-corrected chi connectivity index (χ4v) is 5.09. The zero-order valence-corrected chi connectivity index (χ0v) is 22.6. The standard InChI is InChI=1S/C26H33N5O4S.ClH/c1-34-24-6-5-19(17-29-24)20(15-26(32)33)14-21-18-36-25(30-21)4-2-3-8-27-23-16-22(7-9-28-23)31-10-12-35-13-11-31;/h5-7,9,16-18,20H,2-4,8,10-15H2,1H3,(H,27,28)(H,32,33);1H. The normalized spacial score (nSPS) is 14.0. The van der Waals surface area contributed by atoms with Crippen LogP contribution in [0.25, 0.3) is 0 Å². The van der Waals surface area contributed by atoms with Gasteiger partial charge in [0.15, 0.2) is 0 Å². The predicted molar refractivity (Wildman–Crippen MR) is 148 cm³/mol. The van der Waals surface area contributed by atoms with Crippen molar-refractivity contribution in [3.8, 4) is 5.88 Å². The summed E-state index contributed by atoms with van der Waals surface area (Å²) in [5, 5.41) is 15.9. The van der Waals surface area contributed by atoms with Gasteiger partial charge < -0.3 is 24.8 Å². The van der Waals surface area contributed by atoms with Crippen molar-refractivity contribution in [3.05, 3.63) is 58.3 Å². The number of nitrogens with zero attached hydrogens (tertiary/aromatic N) is 4. The largest absolute Gasteiger partial charge is 0.481 e. The van der Waals surface area contributed by atoms with Crippen LogP contribution in [0.5, 0.6) is 5.88 Å². The van der Waals surface area contributed by atoms with Crippen LogP contribution in [0.1, 0.15) is 41.4 Å². The zero-order chi connectivity index (χ0) is 25.2. The zero-order valence-electron chi connectivity index (χ0n) is 21.0. The summed E-state index contributed by atoms with van der Waals surface area (Å²) >= 11 is 1.64. The van der Waals surface area contributed by atoms with Crippen LogP contribution in [0.2, 0.25) is 0 Å². The Labute approximate surface area is 227 Å². The highest BCUT2D eigenvalue weighted by Crippen LogP contribution is 2.26. The number of halogens is 1. The predicted octanol–water partition coefficient (Wildman–Crippen LogP) is 4.44. The first-order valence-electron chi connectivity index (χ1n) is 12.3. The number of aromatic nitrogens is 3. The molecule has 0 amide bonds. The van der Waals surface area contributed by atoms with E-state index < -0.39 is 5.97 Å². The molecule has 1 fully saturated rings. The molecule has 4 rings (SSSR count). The first-order valence-corrected chi connectivity index (χ1v) is 13.2. The van der Waals surface area contributed by atoms with Crippen molar-refractivity contribution in [2.24, 2.45) is 0 Å². The second-order valence-electron chi connectivity index (χ2n) is 8.75. The maximum absolute atomic E-state index is 11.4. The van der Waals surface area contributed by atoms with Crippen molar-refractivity contribution in [2.75, 3.05) is 50.2 Å². The van der Waals surface area contributed by atoms with Crippen molar-refractivity contribution in [1.82, 2.24) is 15.0 Å². The molecule has 1 atom stereocenters. The van der Waals surface area contributed by atoms with E-state index >= 15 is 0 Å². The second-order valence-corrected chi connectivity index (χ2v) is 9.69. The van der Waals surface area contributed by atoms with Gasteiger partial charge in [0.2, 0.25) is 5.88 Å². The number of thiazole rings is 1. The van der Waals surface area contributed by atoms with Crippen LogP contribution in [0.3, 0.4) is 0 Å². The van der Waals surface area contributed by atoms with Gasteiger partial charge in [-0.05, 0) is 37.3 Å². The molecular formula is C26H34ClN5O4S. The van der Waals surface area contributed by atoms with Crippen molar-refractivity contribution in [1.29, 1.82) is 0 Å². The monoisotopic (exact) mass is 547 g/mol. The molecule has 9 nitrogen and oxygen atoms in total. The summed E-state index contributed by atoms with van der Waals surface area (Å²) in [6.45, 7) is 4.20. The number of ether oxygens (including phenoxy) is 2. The molecule has 2 N–H and O–H groups in total. The first kappa shape index (κ1) is 28.6. The van der Waals surface area contributed by atoms with E-state index in [1.165, 1.54) is 5.69 Å². The summed E-state index contributed by atoms with van der Waals surface area (Å²) < 4.78 is 10.5. The summed E-state index contributed by atoms with van der Waals surface area (Å²) in [5.41, 5.74) is 2.99. The molecule has 1 aliphatic rings. The van der Waals surface area contributed by atoms with Crippen molar-refractivity contribution < 1.29 is 19.4 Å². The number of aliphatic carboxylic acids is 1. The molecule has 1 aliphatic heterocycles.